The largest absolute Gasteiger partial charge is 0.463 e. The van der Waals surface area contributed by atoms with Gasteiger partial charge in [-0.1, -0.05) is 32.0 Å². The summed E-state index contributed by atoms with van der Waals surface area (Å²) in [6.07, 6.45) is 1.23. The van der Waals surface area contributed by atoms with Gasteiger partial charge in [0.05, 0.1) is 13.0 Å². The summed E-state index contributed by atoms with van der Waals surface area (Å²) < 4.78 is 10.5. The number of nitrogen functional groups attached to an aromatic ring is 1. The van der Waals surface area contributed by atoms with Crippen molar-refractivity contribution < 1.29 is 14.3 Å². The molecule has 106 valence electrons. The van der Waals surface area contributed by atoms with Gasteiger partial charge in [-0.05, 0) is 24.0 Å². The minimum atomic E-state index is -0.273. The highest BCUT2D eigenvalue weighted by molar-refractivity contribution is 5.74. The summed E-state index contributed by atoms with van der Waals surface area (Å²) in [4.78, 5) is 11.6. The van der Waals surface area contributed by atoms with E-state index >= 15 is 0 Å². The van der Waals surface area contributed by atoms with Gasteiger partial charge >= 0.3 is 5.97 Å². The summed E-state index contributed by atoms with van der Waals surface area (Å²) in [6, 6.07) is 7.30. The van der Waals surface area contributed by atoms with Gasteiger partial charge in [-0.15, -0.1) is 0 Å². The zero-order chi connectivity index (χ0) is 14.1. The Morgan fingerprint density at radius 2 is 1.95 bits per heavy atom. The molecule has 1 aromatic rings. The van der Waals surface area contributed by atoms with E-state index in [1.54, 1.807) is 6.07 Å². The van der Waals surface area contributed by atoms with Gasteiger partial charge in [-0.25, -0.2) is 0 Å². The molecule has 1 rings (SSSR count). The van der Waals surface area contributed by atoms with E-state index in [1.165, 1.54) is 0 Å². The van der Waals surface area contributed by atoms with Crippen LogP contribution < -0.4 is 5.73 Å². The van der Waals surface area contributed by atoms with Crippen LogP contribution >= 0.6 is 0 Å². The molecule has 4 heteroatoms. The van der Waals surface area contributed by atoms with E-state index in [0.717, 1.165) is 12.0 Å². The molecule has 0 unspecified atom stereocenters. The Hall–Kier alpha value is -1.55. The molecule has 0 saturated carbocycles. The number of ether oxygens (including phenoxy) is 2. The molecule has 0 atom stereocenters. The molecule has 0 radical (unpaired) electrons. The first-order valence-electron chi connectivity index (χ1n) is 6.66. The second-order valence-corrected chi connectivity index (χ2v) is 4.89. The first-order chi connectivity index (χ1) is 9.09. The first-order valence-corrected chi connectivity index (χ1v) is 6.66. The second-order valence-electron chi connectivity index (χ2n) is 4.89. The lowest BCUT2D eigenvalue weighted by molar-refractivity contribution is -0.144. The van der Waals surface area contributed by atoms with Crippen LogP contribution in [0.25, 0.3) is 0 Å². The van der Waals surface area contributed by atoms with Gasteiger partial charge in [0.1, 0.15) is 6.61 Å². The van der Waals surface area contributed by atoms with Gasteiger partial charge in [-0.2, -0.15) is 0 Å². The van der Waals surface area contributed by atoms with Crippen molar-refractivity contribution in [3.8, 4) is 0 Å². The molecule has 0 bridgehead atoms. The van der Waals surface area contributed by atoms with Crippen molar-refractivity contribution in [2.24, 2.45) is 5.92 Å². The average Bonchev–Trinajstić information content (AvgIpc) is 2.36. The zero-order valence-electron chi connectivity index (χ0n) is 11.7. The van der Waals surface area contributed by atoms with Gasteiger partial charge < -0.3 is 15.2 Å². The quantitative estimate of drug-likeness (QED) is 0.445. The van der Waals surface area contributed by atoms with Crippen molar-refractivity contribution >= 4 is 11.7 Å². The molecule has 0 aromatic heterocycles. The molecule has 0 amide bonds. The molecule has 2 N–H and O–H groups in total. The topological polar surface area (TPSA) is 61.5 Å². The molecule has 0 aliphatic rings. The summed E-state index contributed by atoms with van der Waals surface area (Å²) >= 11 is 0. The molecular weight excluding hydrogens is 242 g/mol. The lowest BCUT2D eigenvalue weighted by Crippen LogP contribution is -2.14. The SMILES string of the molecule is CC(C)CCOCCOC(=O)Cc1ccccc1N. The number of carbonyl (C=O) groups is 1. The number of para-hydroxylation sites is 1. The highest BCUT2D eigenvalue weighted by Crippen LogP contribution is 2.11. The highest BCUT2D eigenvalue weighted by atomic mass is 16.6. The number of hydrogen-bond acceptors (Lipinski definition) is 4. The number of anilines is 1. The standard InChI is InChI=1S/C15H23NO3/c1-12(2)7-8-18-9-10-19-15(17)11-13-5-3-4-6-14(13)16/h3-6,12H,7-11,16H2,1-2H3. The third kappa shape index (κ3) is 6.82. The molecule has 0 spiro atoms. The molecule has 0 aliphatic heterocycles. The van der Waals surface area contributed by atoms with Crippen LogP contribution in [0.1, 0.15) is 25.8 Å². The van der Waals surface area contributed by atoms with E-state index in [-0.39, 0.29) is 12.4 Å². The van der Waals surface area contributed by atoms with Crippen molar-refractivity contribution in [3.63, 3.8) is 0 Å². The number of hydrogen-bond donors (Lipinski definition) is 1. The maximum absolute atomic E-state index is 11.6. The Morgan fingerprint density at radius 1 is 1.21 bits per heavy atom. The zero-order valence-corrected chi connectivity index (χ0v) is 11.7. The number of benzene rings is 1. The van der Waals surface area contributed by atoms with E-state index in [2.05, 4.69) is 13.8 Å². The maximum Gasteiger partial charge on any atom is 0.310 e. The van der Waals surface area contributed by atoms with Gasteiger partial charge in [0.25, 0.3) is 0 Å². The minimum Gasteiger partial charge on any atom is -0.463 e. The third-order valence-corrected chi connectivity index (χ3v) is 2.72. The Kier molecular flexibility index (Phi) is 6.97. The Balaban J connectivity index is 2.13. The molecule has 4 nitrogen and oxygen atoms in total. The van der Waals surface area contributed by atoms with Crippen molar-refractivity contribution in [3.05, 3.63) is 29.8 Å². The number of esters is 1. The van der Waals surface area contributed by atoms with Crippen molar-refractivity contribution in [2.75, 3.05) is 25.6 Å². The van der Waals surface area contributed by atoms with Gasteiger partial charge in [0.2, 0.25) is 0 Å². The molecule has 0 saturated heterocycles. The van der Waals surface area contributed by atoms with Crippen molar-refractivity contribution in [1.29, 1.82) is 0 Å². The number of nitrogens with two attached hydrogens (primary N) is 1. The fourth-order valence-electron chi connectivity index (χ4n) is 1.54. The predicted octanol–water partition coefficient (Wildman–Crippen LogP) is 2.42. The molecule has 1 aromatic carbocycles. The normalized spacial score (nSPS) is 10.7. The monoisotopic (exact) mass is 265 g/mol. The van der Waals surface area contributed by atoms with Crippen LogP contribution in [0.2, 0.25) is 0 Å². The molecular formula is C15H23NO3. The van der Waals surface area contributed by atoms with Crippen LogP contribution in [0, 0.1) is 5.92 Å². The summed E-state index contributed by atoms with van der Waals surface area (Å²) in [5.74, 6) is 0.356. The van der Waals surface area contributed by atoms with Gasteiger partial charge in [-0.3, -0.25) is 4.79 Å². The van der Waals surface area contributed by atoms with Crippen LogP contribution in [0.3, 0.4) is 0 Å². The molecule has 0 aliphatic carbocycles. The number of carbonyl (C=O) groups excluding carboxylic acids is 1. The fraction of sp³-hybridized carbons (Fsp3) is 0.533. The summed E-state index contributed by atoms with van der Waals surface area (Å²) in [6.45, 7) is 5.74. The number of rotatable bonds is 8. The third-order valence-electron chi connectivity index (χ3n) is 2.72. The lowest BCUT2D eigenvalue weighted by Gasteiger charge is -2.08. The Morgan fingerprint density at radius 3 is 2.63 bits per heavy atom. The predicted molar refractivity (Wildman–Crippen MR) is 75.8 cm³/mol. The first kappa shape index (κ1) is 15.5. The van der Waals surface area contributed by atoms with E-state index in [4.69, 9.17) is 15.2 Å². The smallest absolute Gasteiger partial charge is 0.310 e. The van der Waals surface area contributed by atoms with Crippen LogP contribution in [-0.2, 0) is 20.7 Å². The second kappa shape index (κ2) is 8.53. The van der Waals surface area contributed by atoms with Crippen LogP contribution in [0.15, 0.2) is 24.3 Å². The molecule has 0 heterocycles. The van der Waals surface area contributed by atoms with Gasteiger partial charge in [0.15, 0.2) is 0 Å². The van der Waals surface area contributed by atoms with Crippen LogP contribution in [0.4, 0.5) is 5.69 Å². The summed E-state index contributed by atoms with van der Waals surface area (Å²) in [7, 11) is 0. The summed E-state index contributed by atoms with van der Waals surface area (Å²) in [5.41, 5.74) is 7.18. The molecule has 19 heavy (non-hydrogen) atoms. The lowest BCUT2D eigenvalue weighted by atomic mass is 10.1. The minimum absolute atomic E-state index is 0.207. The van der Waals surface area contributed by atoms with Crippen molar-refractivity contribution in [1.82, 2.24) is 0 Å². The van der Waals surface area contributed by atoms with Crippen LogP contribution in [0.5, 0.6) is 0 Å². The van der Waals surface area contributed by atoms with Crippen LogP contribution in [-0.4, -0.2) is 25.8 Å². The highest BCUT2D eigenvalue weighted by Gasteiger charge is 2.07. The van der Waals surface area contributed by atoms with E-state index in [1.807, 2.05) is 18.2 Å². The van der Waals surface area contributed by atoms with Crippen molar-refractivity contribution in [2.45, 2.75) is 26.7 Å². The van der Waals surface area contributed by atoms with E-state index < -0.39 is 0 Å². The average molecular weight is 265 g/mol. The van der Waals surface area contributed by atoms with Gasteiger partial charge in [0, 0.05) is 12.3 Å². The Labute approximate surface area is 114 Å². The maximum atomic E-state index is 11.6. The van der Waals surface area contributed by atoms with E-state index in [9.17, 15) is 4.79 Å². The van der Waals surface area contributed by atoms with E-state index in [0.29, 0.717) is 31.4 Å². The summed E-state index contributed by atoms with van der Waals surface area (Å²) in [5, 5.41) is 0. The molecule has 0 fully saturated rings. The fourth-order valence-corrected chi connectivity index (χ4v) is 1.54. The Bertz CT molecular complexity index is 391.